The number of rotatable bonds is 2. The zero-order chi connectivity index (χ0) is 9.12. The maximum Gasteiger partial charge on any atom is 0.183 e. The van der Waals surface area contributed by atoms with E-state index in [0.717, 1.165) is 17.9 Å². The molecule has 2 atom stereocenters. The Bertz CT molecular complexity index is 353. The van der Waals surface area contributed by atoms with Gasteiger partial charge >= 0.3 is 0 Å². The molecule has 3 aliphatic rings. The van der Waals surface area contributed by atoms with E-state index in [0.29, 0.717) is 0 Å². The van der Waals surface area contributed by atoms with Crippen LogP contribution in [0, 0.1) is 0 Å². The van der Waals surface area contributed by atoms with Gasteiger partial charge in [0.05, 0.1) is 5.69 Å². The first-order valence-electron chi connectivity index (χ1n) is 5.67. The fourth-order valence-electron chi connectivity index (χ4n) is 2.86. The summed E-state index contributed by atoms with van der Waals surface area (Å²) >= 11 is 1.93. The lowest BCUT2D eigenvalue weighted by Crippen LogP contribution is -2.00. The number of hydrogen-bond donors (Lipinski definition) is 1. The zero-order valence-corrected chi connectivity index (χ0v) is 8.94. The molecule has 0 amide bonds. The fraction of sp³-hybridized carbons (Fsp3) is 0.727. The lowest BCUT2D eigenvalue weighted by atomic mass is 10.0. The normalized spacial score (nSPS) is 33.4. The van der Waals surface area contributed by atoms with Gasteiger partial charge in [-0.3, -0.25) is 0 Å². The van der Waals surface area contributed by atoms with Crippen molar-refractivity contribution in [2.24, 2.45) is 0 Å². The molecule has 3 aliphatic carbocycles. The van der Waals surface area contributed by atoms with Crippen molar-refractivity contribution in [3.05, 3.63) is 10.6 Å². The zero-order valence-electron chi connectivity index (χ0n) is 8.12. The van der Waals surface area contributed by atoms with Gasteiger partial charge in [-0.25, -0.2) is 4.98 Å². The van der Waals surface area contributed by atoms with E-state index in [1.165, 1.54) is 42.9 Å². The second-order valence-electron chi connectivity index (χ2n) is 4.89. The summed E-state index contributed by atoms with van der Waals surface area (Å²) in [7, 11) is 0. The average Bonchev–Trinajstić information content (AvgIpc) is 2.65. The Hall–Kier alpha value is -0.570. The number of hydrogen-bond acceptors (Lipinski definition) is 3. The lowest BCUT2D eigenvalue weighted by molar-refractivity contribution is 0.709. The van der Waals surface area contributed by atoms with Crippen LogP contribution in [0.1, 0.15) is 54.5 Å². The summed E-state index contributed by atoms with van der Waals surface area (Å²) in [4.78, 5) is 6.38. The van der Waals surface area contributed by atoms with Crippen LogP contribution in [0.25, 0.3) is 0 Å². The van der Waals surface area contributed by atoms with Crippen LogP contribution in [0.2, 0.25) is 0 Å². The van der Waals surface area contributed by atoms with Crippen molar-refractivity contribution < 1.29 is 0 Å². The molecule has 2 saturated carbocycles. The first-order valence-corrected chi connectivity index (χ1v) is 6.49. The van der Waals surface area contributed by atoms with E-state index in [9.17, 15) is 0 Å². The van der Waals surface area contributed by atoms with E-state index in [1.54, 1.807) is 4.88 Å². The third-order valence-electron chi connectivity index (χ3n) is 3.78. The average molecular weight is 206 g/mol. The Morgan fingerprint density at radius 3 is 2.79 bits per heavy atom. The topological polar surface area (TPSA) is 24.9 Å². The molecule has 0 aliphatic heterocycles. The van der Waals surface area contributed by atoms with Gasteiger partial charge in [0.15, 0.2) is 5.13 Å². The predicted octanol–water partition coefficient (Wildman–Crippen LogP) is 3.08. The Morgan fingerprint density at radius 2 is 2.00 bits per heavy atom. The minimum atomic E-state index is 0.749. The molecule has 2 unspecified atom stereocenters. The van der Waals surface area contributed by atoms with Crippen molar-refractivity contribution in [1.82, 2.24) is 4.98 Å². The minimum Gasteiger partial charge on any atom is -0.359 e. The van der Waals surface area contributed by atoms with Crippen LogP contribution in [0.5, 0.6) is 0 Å². The van der Waals surface area contributed by atoms with Crippen LogP contribution in [0.4, 0.5) is 5.13 Å². The third kappa shape index (κ3) is 0.991. The van der Waals surface area contributed by atoms with Gasteiger partial charge in [-0.1, -0.05) is 0 Å². The van der Waals surface area contributed by atoms with Gasteiger partial charge in [-0.15, -0.1) is 11.3 Å². The number of anilines is 1. The SMILES string of the molecule is C1CC1Nc1nc2c(s1)C1CCC2C1. The lowest BCUT2D eigenvalue weighted by Gasteiger charge is -2.06. The first kappa shape index (κ1) is 7.69. The molecule has 1 aromatic heterocycles. The Labute approximate surface area is 87.7 Å². The van der Waals surface area contributed by atoms with Gasteiger partial charge in [0.1, 0.15) is 0 Å². The summed E-state index contributed by atoms with van der Waals surface area (Å²) in [6.45, 7) is 0. The van der Waals surface area contributed by atoms with E-state index in [-0.39, 0.29) is 0 Å². The molecule has 4 rings (SSSR count). The predicted molar refractivity (Wildman–Crippen MR) is 58.1 cm³/mol. The molecule has 14 heavy (non-hydrogen) atoms. The molecule has 74 valence electrons. The van der Waals surface area contributed by atoms with Crippen LogP contribution in [0.15, 0.2) is 0 Å². The molecule has 1 aromatic rings. The van der Waals surface area contributed by atoms with Crippen LogP contribution in [0.3, 0.4) is 0 Å². The molecule has 2 nitrogen and oxygen atoms in total. The fourth-order valence-corrected chi connectivity index (χ4v) is 4.14. The summed E-state index contributed by atoms with van der Waals surface area (Å²) in [5.41, 5.74) is 1.45. The largest absolute Gasteiger partial charge is 0.359 e. The van der Waals surface area contributed by atoms with Crippen LogP contribution < -0.4 is 5.32 Å². The molecule has 0 radical (unpaired) electrons. The molecule has 0 saturated heterocycles. The molecular formula is C11H14N2S. The van der Waals surface area contributed by atoms with Gasteiger partial charge in [-0.2, -0.15) is 0 Å². The summed E-state index contributed by atoms with van der Waals surface area (Å²) in [6, 6.07) is 0.749. The van der Waals surface area contributed by atoms with E-state index < -0.39 is 0 Å². The number of aromatic nitrogens is 1. The monoisotopic (exact) mass is 206 g/mol. The highest BCUT2D eigenvalue weighted by atomic mass is 32.1. The molecule has 3 heteroatoms. The first-order chi connectivity index (χ1) is 6.90. The smallest absolute Gasteiger partial charge is 0.183 e. The minimum absolute atomic E-state index is 0.749. The third-order valence-corrected chi connectivity index (χ3v) is 4.94. The maximum absolute atomic E-state index is 4.76. The Balaban J connectivity index is 1.69. The highest BCUT2D eigenvalue weighted by Crippen LogP contribution is 2.55. The Morgan fingerprint density at radius 1 is 1.14 bits per heavy atom. The molecule has 2 fully saturated rings. The van der Waals surface area contributed by atoms with E-state index in [4.69, 9.17) is 4.98 Å². The molecule has 1 N–H and O–H groups in total. The van der Waals surface area contributed by atoms with Gasteiger partial charge in [0.2, 0.25) is 0 Å². The van der Waals surface area contributed by atoms with Crippen molar-refractivity contribution in [1.29, 1.82) is 0 Å². The summed E-state index contributed by atoms with van der Waals surface area (Å²) in [5, 5.41) is 4.72. The molecule has 2 bridgehead atoms. The van der Waals surface area contributed by atoms with Gasteiger partial charge in [0, 0.05) is 16.8 Å². The van der Waals surface area contributed by atoms with Crippen molar-refractivity contribution in [3.63, 3.8) is 0 Å². The molecule has 0 aromatic carbocycles. The van der Waals surface area contributed by atoms with Crippen LogP contribution in [-0.2, 0) is 0 Å². The number of nitrogens with zero attached hydrogens (tertiary/aromatic N) is 1. The molecule has 0 spiro atoms. The van der Waals surface area contributed by atoms with E-state index in [1.807, 2.05) is 11.3 Å². The summed E-state index contributed by atoms with van der Waals surface area (Å²) < 4.78 is 0. The highest BCUT2D eigenvalue weighted by molar-refractivity contribution is 7.15. The van der Waals surface area contributed by atoms with Gasteiger partial charge in [-0.05, 0) is 38.0 Å². The quantitative estimate of drug-likeness (QED) is 0.804. The summed E-state index contributed by atoms with van der Waals surface area (Å²) in [6.07, 6.45) is 6.90. The Kier molecular flexibility index (Phi) is 1.38. The second-order valence-corrected chi connectivity index (χ2v) is 5.92. The van der Waals surface area contributed by atoms with Crippen molar-refractivity contribution >= 4 is 16.5 Å². The molecule has 1 heterocycles. The standard InChI is InChI=1S/C11H14N2S/c1-2-7-5-6(1)9-10(7)14-11(13-9)12-8-3-4-8/h6-8H,1-5H2,(H,12,13). The highest BCUT2D eigenvalue weighted by Gasteiger charge is 2.40. The van der Waals surface area contributed by atoms with Crippen LogP contribution >= 0.6 is 11.3 Å². The van der Waals surface area contributed by atoms with Crippen molar-refractivity contribution in [3.8, 4) is 0 Å². The number of thiazole rings is 1. The van der Waals surface area contributed by atoms with E-state index >= 15 is 0 Å². The van der Waals surface area contributed by atoms with E-state index in [2.05, 4.69) is 5.32 Å². The number of nitrogens with one attached hydrogen (secondary N) is 1. The van der Waals surface area contributed by atoms with Gasteiger partial charge in [0.25, 0.3) is 0 Å². The number of fused-ring (bicyclic) bond motifs is 5. The summed E-state index contributed by atoms with van der Waals surface area (Å²) in [5.74, 6) is 1.70. The maximum atomic E-state index is 4.76. The van der Waals surface area contributed by atoms with Crippen molar-refractivity contribution in [2.45, 2.75) is 50.0 Å². The van der Waals surface area contributed by atoms with Crippen LogP contribution in [-0.4, -0.2) is 11.0 Å². The second kappa shape index (κ2) is 2.51. The molecular weight excluding hydrogens is 192 g/mol. The van der Waals surface area contributed by atoms with Gasteiger partial charge < -0.3 is 5.32 Å². The van der Waals surface area contributed by atoms with Crippen molar-refractivity contribution in [2.75, 3.05) is 5.32 Å².